The van der Waals surface area contributed by atoms with Gasteiger partial charge >= 0.3 is 0 Å². The normalized spacial score (nSPS) is 23.8. The van der Waals surface area contributed by atoms with Gasteiger partial charge in [0.1, 0.15) is 0 Å². The number of nitrogens with one attached hydrogen (secondary N) is 1. The summed E-state index contributed by atoms with van der Waals surface area (Å²) in [5.74, 6) is 0.720. The Balaban J connectivity index is 2.17. The van der Waals surface area contributed by atoms with Gasteiger partial charge in [0.25, 0.3) is 5.91 Å². The number of hydrogen-bond donors (Lipinski definition) is 1. The molecule has 0 aromatic heterocycles. The molecular weight excluding hydrogens is 286 g/mol. The summed E-state index contributed by atoms with van der Waals surface area (Å²) >= 11 is 0. The molecule has 1 aliphatic rings. The summed E-state index contributed by atoms with van der Waals surface area (Å²) in [7, 11) is -3.29. The van der Waals surface area contributed by atoms with Crippen LogP contribution in [0.3, 0.4) is 0 Å². The molecule has 21 heavy (non-hydrogen) atoms. The van der Waals surface area contributed by atoms with E-state index in [9.17, 15) is 13.2 Å². The first-order valence-corrected chi connectivity index (χ1v) is 9.29. The Kier molecular flexibility index (Phi) is 4.71. The molecule has 0 aliphatic heterocycles. The van der Waals surface area contributed by atoms with Crippen LogP contribution in [0, 0.1) is 11.8 Å². The van der Waals surface area contributed by atoms with E-state index in [4.69, 9.17) is 0 Å². The topological polar surface area (TPSA) is 63.2 Å². The lowest BCUT2D eigenvalue weighted by Crippen LogP contribution is -2.45. The fourth-order valence-corrected chi connectivity index (χ4v) is 3.74. The van der Waals surface area contributed by atoms with E-state index >= 15 is 0 Å². The van der Waals surface area contributed by atoms with E-state index in [0.717, 1.165) is 19.1 Å². The van der Waals surface area contributed by atoms with Gasteiger partial charge in [-0.25, -0.2) is 8.42 Å². The highest BCUT2D eigenvalue weighted by molar-refractivity contribution is 7.90. The first kappa shape index (κ1) is 16.0. The number of sulfone groups is 1. The van der Waals surface area contributed by atoms with Gasteiger partial charge in [-0.3, -0.25) is 4.79 Å². The van der Waals surface area contributed by atoms with Crippen LogP contribution in [0.25, 0.3) is 0 Å². The molecule has 1 amide bonds. The Morgan fingerprint density at radius 1 is 1.19 bits per heavy atom. The first-order valence-electron chi connectivity index (χ1n) is 7.40. The molecule has 1 N–H and O–H groups in total. The van der Waals surface area contributed by atoms with Crippen molar-refractivity contribution in [2.24, 2.45) is 11.8 Å². The molecule has 1 fully saturated rings. The van der Waals surface area contributed by atoms with Crippen LogP contribution >= 0.6 is 0 Å². The summed E-state index contributed by atoms with van der Waals surface area (Å²) in [6.07, 6.45) is 4.60. The third-order valence-corrected chi connectivity index (χ3v) is 5.48. The Morgan fingerprint density at radius 2 is 1.81 bits per heavy atom. The maximum atomic E-state index is 12.4. The third-order valence-electron chi connectivity index (χ3n) is 4.37. The molecule has 0 radical (unpaired) electrons. The van der Waals surface area contributed by atoms with Crippen molar-refractivity contribution in [1.29, 1.82) is 0 Å². The lowest BCUT2D eigenvalue weighted by Gasteiger charge is -2.35. The maximum Gasteiger partial charge on any atom is 0.251 e. The Bertz CT molecular complexity index is 614. The Morgan fingerprint density at radius 3 is 2.38 bits per heavy atom. The van der Waals surface area contributed by atoms with Gasteiger partial charge in [0.2, 0.25) is 0 Å². The van der Waals surface area contributed by atoms with Crippen molar-refractivity contribution in [1.82, 2.24) is 5.32 Å². The largest absolute Gasteiger partial charge is 0.349 e. The number of carbonyl (C=O) groups excluding carboxylic acids is 1. The molecule has 2 rings (SSSR count). The molecule has 0 bridgehead atoms. The quantitative estimate of drug-likeness (QED) is 0.933. The van der Waals surface area contributed by atoms with Crippen LogP contribution in [0.5, 0.6) is 0 Å². The van der Waals surface area contributed by atoms with E-state index in [2.05, 4.69) is 19.2 Å². The lowest BCUT2D eigenvalue weighted by atomic mass is 9.78. The summed E-state index contributed by atoms with van der Waals surface area (Å²) in [4.78, 5) is 12.6. The highest BCUT2D eigenvalue weighted by atomic mass is 32.2. The average molecular weight is 309 g/mol. The Hall–Kier alpha value is -1.36. The fraction of sp³-hybridized carbons (Fsp3) is 0.562. The summed E-state index contributed by atoms with van der Waals surface area (Å²) < 4.78 is 23.1. The van der Waals surface area contributed by atoms with Crippen LogP contribution in [0.1, 0.15) is 43.5 Å². The second-order valence-corrected chi connectivity index (χ2v) is 8.20. The van der Waals surface area contributed by atoms with Crippen molar-refractivity contribution in [2.45, 2.75) is 44.0 Å². The van der Waals surface area contributed by atoms with E-state index < -0.39 is 9.84 Å². The van der Waals surface area contributed by atoms with Crippen LogP contribution in [0.15, 0.2) is 29.2 Å². The van der Waals surface area contributed by atoms with E-state index in [1.165, 1.54) is 18.6 Å². The van der Waals surface area contributed by atoms with Gasteiger partial charge < -0.3 is 5.32 Å². The minimum absolute atomic E-state index is 0.160. The van der Waals surface area contributed by atoms with E-state index in [1.807, 2.05) is 0 Å². The van der Waals surface area contributed by atoms with Gasteiger partial charge in [-0.15, -0.1) is 0 Å². The van der Waals surface area contributed by atoms with Gasteiger partial charge in [0.05, 0.1) is 4.90 Å². The van der Waals surface area contributed by atoms with Crippen LogP contribution in [-0.4, -0.2) is 26.6 Å². The van der Waals surface area contributed by atoms with Crippen molar-refractivity contribution in [3.8, 4) is 0 Å². The predicted molar refractivity (Wildman–Crippen MR) is 83.0 cm³/mol. The van der Waals surface area contributed by atoms with Crippen molar-refractivity contribution < 1.29 is 13.2 Å². The second-order valence-electron chi connectivity index (χ2n) is 6.18. The van der Waals surface area contributed by atoms with Crippen LogP contribution in [0.2, 0.25) is 0 Å². The van der Waals surface area contributed by atoms with E-state index in [1.54, 1.807) is 12.1 Å². The summed E-state index contributed by atoms with van der Waals surface area (Å²) in [6.45, 7) is 4.32. The van der Waals surface area contributed by atoms with Crippen LogP contribution in [-0.2, 0) is 9.84 Å². The molecule has 0 heterocycles. The minimum Gasteiger partial charge on any atom is -0.349 e. The smallest absolute Gasteiger partial charge is 0.251 e. The molecule has 2 atom stereocenters. The first-order chi connectivity index (χ1) is 9.79. The van der Waals surface area contributed by atoms with Gasteiger partial charge in [0, 0.05) is 17.9 Å². The highest BCUT2D eigenvalue weighted by Gasteiger charge is 2.29. The molecule has 0 saturated heterocycles. The average Bonchev–Trinajstić information content (AvgIpc) is 2.42. The molecule has 116 valence electrons. The molecule has 4 nitrogen and oxygen atoms in total. The molecule has 1 saturated carbocycles. The van der Waals surface area contributed by atoms with E-state index in [0.29, 0.717) is 17.4 Å². The number of benzene rings is 1. The fourth-order valence-electron chi connectivity index (χ4n) is 3.07. The van der Waals surface area contributed by atoms with Gasteiger partial charge in [0.15, 0.2) is 9.84 Å². The minimum atomic E-state index is -3.29. The van der Waals surface area contributed by atoms with E-state index in [-0.39, 0.29) is 16.8 Å². The number of hydrogen-bond acceptors (Lipinski definition) is 3. The maximum absolute atomic E-state index is 12.4. The monoisotopic (exact) mass is 309 g/mol. The highest BCUT2D eigenvalue weighted by Crippen LogP contribution is 2.29. The SMILES string of the molecule is C[C@H]1CCC[C@H](C)C1NC(=O)c1cccc(S(C)(=O)=O)c1. The third kappa shape index (κ3) is 3.84. The Labute approximate surface area is 126 Å². The van der Waals surface area contributed by atoms with Crippen molar-refractivity contribution >= 4 is 15.7 Å². The summed E-state index contributed by atoms with van der Waals surface area (Å²) in [5, 5.41) is 3.08. The van der Waals surface area contributed by atoms with Crippen molar-refractivity contribution in [3.05, 3.63) is 29.8 Å². The number of rotatable bonds is 3. The van der Waals surface area contributed by atoms with Crippen LogP contribution < -0.4 is 5.32 Å². The van der Waals surface area contributed by atoms with Crippen molar-refractivity contribution in [2.75, 3.05) is 6.26 Å². The number of amides is 1. The molecule has 5 heteroatoms. The predicted octanol–water partition coefficient (Wildman–Crippen LogP) is 2.64. The summed E-state index contributed by atoms with van der Waals surface area (Å²) in [5.41, 5.74) is 0.405. The lowest BCUT2D eigenvalue weighted by molar-refractivity contribution is 0.0880. The van der Waals surface area contributed by atoms with Gasteiger partial charge in [-0.2, -0.15) is 0 Å². The zero-order valence-corrected chi connectivity index (χ0v) is 13.6. The zero-order valence-electron chi connectivity index (χ0n) is 12.8. The molecule has 1 aliphatic carbocycles. The molecule has 0 unspecified atom stereocenters. The second kappa shape index (κ2) is 6.18. The molecule has 0 spiro atoms. The van der Waals surface area contributed by atoms with Gasteiger partial charge in [-0.1, -0.05) is 26.3 Å². The van der Waals surface area contributed by atoms with Crippen molar-refractivity contribution in [3.63, 3.8) is 0 Å². The standard InChI is InChI=1S/C16H23NO3S/c1-11-6-4-7-12(2)15(11)17-16(18)13-8-5-9-14(10-13)21(3,19)20/h5,8-12,15H,4,6-7H2,1-3H3,(H,17,18)/t11-,12-/m0/s1. The molecule has 1 aromatic carbocycles. The number of carbonyl (C=O) groups is 1. The summed E-state index contributed by atoms with van der Waals surface area (Å²) in [6, 6.07) is 6.38. The van der Waals surface area contributed by atoms with Crippen LogP contribution in [0.4, 0.5) is 0 Å². The molecule has 1 aromatic rings. The molecular formula is C16H23NO3S. The zero-order chi connectivity index (χ0) is 15.6. The van der Waals surface area contributed by atoms with Gasteiger partial charge in [-0.05, 0) is 42.9 Å².